The van der Waals surface area contributed by atoms with Crippen LogP contribution in [0.5, 0.6) is 0 Å². The average Bonchev–Trinajstić information content (AvgIpc) is 2.66. The van der Waals surface area contributed by atoms with Crippen LogP contribution >= 0.6 is 0 Å². The number of esters is 1. The molecule has 134 valence electrons. The first-order chi connectivity index (χ1) is 12.2. The molecule has 0 heterocycles. The standard InChI is InChI=1S/C23H30O2/c1-3-5-8-17-21(4-2)25-23(24)22(20-15-11-7-12-16-20)18-19-13-9-6-10-14-19/h6-7,9-16,21-22H,3-5,8,17-18H2,1-2H3. The van der Waals surface area contributed by atoms with Crippen LogP contribution in [0.25, 0.3) is 0 Å². The molecule has 0 aromatic heterocycles. The van der Waals surface area contributed by atoms with Crippen molar-refractivity contribution in [1.82, 2.24) is 0 Å². The zero-order valence-electron chi connectivity index (χ0n) is 15.5. The summed E-state index contributed by atoms with van der Waals surface area (Å²) in [4.78, 5) is 12.9. The minimum Gasteiger partial charge on any atom is -0.462 e. The van der Waals surface area contributed by atoms with Gasteiger partial charge in [-0.2, -0.15) is 0 Å². The summed E-state index contributed by atoms with van der Waals surface area (Å²) in [6.07, 6.45) is 6.05. The number of hydrogen-bond donors (Lipinski definition) is 0. The van der Waals surface area contributed by atoms with E-state index in [0.717, 1.165) is 30.4 Å². The molecule has 0 radical (unpaired) electrons. The Kier molecular flexibility index (Phi) is 8.24. The molecule has 2 heteroatoms. The predicted molar refractivity (Wildman–Crippen MR) is 104 cm³/mol. The van der Waals surface area contributed by atoms with E-state index in [2.05, 4.69) is 26.0 Å². The van der Waals surface area contributed by atoms with Gasteiger partial charge in [0.2, 0.25) is 0 Å². The van der Waals surface area contributed by atoms with E-state index >= 15 is 0 Å². The number of carbonyl (C=O) groups is 1. The Morgan fingerprint density at radius 1 is 0.920 bits per heavy atom. The maximum Gasteiger partial charge on any atom is 0.314 e. The Morgan fingerprint density at radius 2 is 1.56 bits per heavy atom. The molecule has 2 atom stereocenters. The maximum atomic E-state index is 12.9. The van der Waals surface area contributed by atoms with Crippen molar-refractivity contribution in [2.75, 3.05) is 0 Å². The van der Waals surface area contributed by atoms with E-state index in [4.69, 9.17) is 4.74 Å². The molecule has 0 aliphatic heterocycles. The number of benzene rings is 2. The third-order valence-electron chi connectivity index (χ3n) is 4.64. The highest BCUT2D eigenvalue weighted by Crippen LogP contribution is 2.24. The van der Waals surface area contributed by atoms with Crippen LogP contribution in [0.4, 0.5) is 0 Å². The van der Waals surface area contributed by atoms with Crippen LogP contribution in [0, 0.1) is 0 Å². The quantitative estimate of drug-likeness (QED) is 0.397. The van der Waals surface area contributed by atoms with E-state index < -0.39 is 0 Å². The summed E-state index contributed by atoms with van der Waals surface area (Å²) >= 11 is 0. The van der Waals surface area contributed by atoms with Crippen LogP contribution < -0.4 is 0 Å². The summed E-state index contributed by atoms with van der Waals surface area (Å²) in [7, 11) is 0. The van der Waals surface area contributed by atoms with Crippen LogP contribution in [-0.2, 0) is 16.0 Å². The Balaban J connectivity index is 2.09. The van der Waals surface area contributed by atoms with E-state index in [1.54, 1.807) is 0 Å². The highest BCUT2D eigenvalue weighted by Gasteiger charge is 2.25. The second kappa shape index (κ2) is 10.7. The summed E-state index contributed by atoms with van der Waals surface area (Å²) in [5, 5.41) is 0. The van der Waals surface area contributed by atoms with Gasteiger partial charge in [-0.05, 0) is 36.8 Å². The van der Waals surface area contributed by atoms with Crippen molar-refractivity contribution >= 4 is 5.97 Å². The molecule has 0 aliphatic carbocycles. The molecule has 2 aromatic rings. The van der Waals surface area contributed by atoms with Gasteiger partial charge in [-0.1, -0.05) is 87.4 Å². The second-order valence-electron chi connectivity index (χ2n) is 6.62. The predicted octanol–water partition coefficient (Wildman–Crippen LogP) is 5.92. The minimum atomic E-state index is -0.246. The molecule has 2 aromatic carbocycles. The summed E-state index contributed by atoms with van der Waals surface area (Å²) in [6.45, 7) is 4.29. The van der Waals surface area contributed by atoms with E-state index in [-0.39, 0.29) is 18.0 Å². The van der Waals surface area contributed by atoms with Gasteiger partial charge in [0.25, 0.3) is 0 Å². The SMILES string of the molecule is CCCCCC(CC)OC(=O)C(Cc1ccccc1)c1ccccc1. The van der Waals surface area contributed by atoms with Gasteiger partial charge in [0, 0.05) is 0 Å². The zero-order valence-corrected chi connectivity index (χ0v) is 15.5. The first kappa shape index (κ1) is 19.2. The molecule has 25 heavy (non-hydrogen) atoms. The van der Waals surface area contributed by atoms with Crippen LogP contribution in [0.15, 0.2) is 60.7 Å². The van der Waals surface area contributed by atoms with Crippen molar-refractivity contribution in [3.8, 4) is 0 Å². The van der Waals surface area contributed by atoms with Crippen molar-refractivity contribution in [1.29, 1.82) is 0 Å². The van der Waals surface area contributed by atoms with E-state index in [9.17, 15) is 4.79 Å². The van der Waals surface area contributed by atoms with Crippen molar-refractivity contribution in [3.05, 3.63) is 71.8 Å². The van der Waals surface area contributed by atoms with E-state index in [0.29, 0.717) is 6.42 Å². The summed E-state index contributed by atoms with van der Waals surface area (Å²) in [5.41, 5.74) is 2.19. The molecule has 2 rings (SSSR count). The monoisotopic (exact) mass is 338 g/mol. The topological polar surface area (TPSA) is 26.3 Å². The molecule has 2 unspecified atom stereocenters. The molecule has 0 bridgehead atoms. The minimum absolute atomic E-state index is 0.0287. The lowest BCUT2D eigenvalue weighted by molar-refractivity contribution is -0.151. The number of rotatable bonds is 10. The lowest BCUT2D eigenvalue weighted by Crippen LogP contribution is -2.24. The van der Waals surface area contributed by atoms with Gasteiger partial charge in [0.05, 0.1) is 5.92 Å². The highest BCUT2D eigenvalue weighted by atomic mass is 16.5. The molecule has 0 amide bonds. The van der Waals surface area contributed by atoms with Gasteiger partial charge >= 0.3 is 5.97 Å². The van der Waals surface area contributed by atoms with Crippen LogP contribution in [0.3, 0.4) is 0 Å². The highest BCUT2D eigenvalue weighted by molar-refractivity contribution is 5.78. The largest absolute Gasteiger partial charge is 0.462 e. The van der Waals surface area contributed by atoms with Gasteiger partial charge in [-0.3, -0.25) is 4.79 Å². The fourth-order valence-corrected chi connectivity index (χ4v) is 3.09. The summed E-state index contributed by atoms with van der Waals surface area (Å²) in [5.74, 6) is -0.345. The van der Waals surface area contributed by atoms with Gasteiger partial charge < -0.3 is 4.74 Å². The van der Waals surface area contributed by atoms with Crippen LogP contribution in [0.2, 0.25) is 0 Å². The third-order valence-corrected chi connectivity index (χ3v) is 4.64. The molecule has 0 N–H and O–H groups in total. The first-order valence-corrected chi connectivity index (χ1v) is 9.54. The molecule has 0 saturated heterocycles. The number of unbranched alkanes of at least 4 members (excludes halogenated alkanes) is 2. The van der Waals surface area contributed by atoms with Crippen molar-refractivity contribution in [2.24, 2.45) is 0 Å². The third kappa shape index (κ3) is 6.38. The number of carbonyl (C=O) groups excluding carboxylic acids is 1. The van der Waals surface area contributed by atoms with Crippen molar-refractivity contribution < 1.29 is 9.53 Å². The smallest absolute Gasteiger partial charge is 0.314 e. The molecule has 0 fully saturated rings. The number of ether oxygens (including phenoxy) is 1. The maximum absolute atomic E-state index is 12.9. The average molecular weight is 338 g/mol. The lowest BCUT2D eigenvalue weighted by Gasteiger charge is -2.21. The van der Waals surface area contributed by atoms with E-state index in [1.165, 1.54) is 12.8 Å². The summed E-state index contributed by atoms with van der Waals surface area (Å²) < 4.78 is 5.90. The van der Waals surface area contributed by atoms with Gasteiger partial charge in [0.15, 0.2) is 0 Å². The van der Waals surface area contributed by atoms with Gasteiger partial charge in [-0.15, -0.1) is 0 Å². The Labute approximate surface area is 152 Å². The molecule has 0 saturated carbocycles. The first-order valence-electron chi connectivity index (χ1n) is 9.54. The van der Waals surface area contributed by atoms with Gasteiger partial charge in [0.1, 0.15) is 6.10 Å². The second-order valence-corrected chi connectivity index (χ2v) is 6.62. The molecular weight excluding hydrogens is 308 g/mol. The molecular formula is C23H30O2. The number of hydrogen-bond acceptors (Lipinski definition) is 2. The van der Waals surface area contributed by atoms with E-state index in [1.807, 2.05) is 48.5 Å². The fourth-order valence-electron chi connectivity index (χ4n) is 3.09. The van der Waals surface area contributed by atoms with Gasteiger partial charge in [-0.25, -0.2) is 0 Å². The summed E-state index contributed by atoms with van der Waals surface area (Å²) in [6, 6.07) is 20.2. The Bertz CT molecular complexity index is 607. The van der Waals surface area contributed by atoms with Crippen molar-refractivity contribution in [2.45, 2.75) is 64.4 Å². The normalized spacial score (nSPS) is 13.2. The lowest BCUT2D eigenvalue weighted by atomic mass is 9.92. The Morgan fingerprint density at radius 3 is 2.16 bits per heavy atom. The fraction of sp³-hybridized carbons (Fsp3) is 0.435. The molecule has 0 spiro atoms. The van der Waals surface area contributed by atoms with Crippen molar-refractivity contribution in [3.63, 3.8) is 0 Å². The molecule has 0 aliphatic rings. The van der Waals surface area contributed by atoms with Crippen LogP contribution in [0.1, 0.15) is 63.0 Å². The van der Waals surface area contributed by atoms with Crippen LogP contribution in [-0.4, -0.2) is 12.1 Å². The zero-order chi connectivity index (χ0) is 17.9. The molecule has 2 nitrogen and oxygen atoms in total. The Hall–Kier alpha value is -2.09.